The molecule has 0 aliphatic heterocycles. The summed E-state index contributed by atoms with van der Waals surface area (Å²) >= 11 is 5.67. The average molecular weight is 213 g/mol. The summed E-state index contributed by atoms with van der Waals surface area (Å²) < 4.78 is 13.4. The van der Waals surface area contributed by atoms with Crippen LogP contribution >= 0.6 is 11.6 Å². The third-order valence-electron chi connectivity index (χ3n) is 2.34. The van der Waals surface area contributed by atoms with Crippen molar-refractivity contribution in [3.8, 4) is 0 Å². The number of rotatable bonds is 2. The summed E-state index contributed by atoms with van der Waals surface area (Å²) in [4.78, 5) is 7.84. The molecule has 2 rings (SSSR count). The van der Waals surface area contributed by atoms with Gasteiger partial charge in [-0.1, -0.05) is 13.3 Å². The number of nitrogens with zero attached hydrogens (tertiary/aromatic N) is 2. The van der Waals surface area contributed by atoms with Crippen molar-refractivity contribution in [3.63, 3.8) is 0 Å². The van der Waals surface area contributed by atoms with Crippen molar-refractivity contribution in [1.82, 2.24) is 9.97 Å². The van der Waals surface area contributed by atoms with Gasteiger partial charge in [0.25, 0.3) is 0 Å². The second-order valence-corrected chi connectivity index (χ2v) is 3.69. The maximum absolute atomic E-state index is 13.4. The van der Waals surface area contributed by atoms with Crippen LogP contribution < -0.4 is 0 Å². The Labute approximate surface area is 86.8 Å². The van der Waals surface area contributed by atoms with E-state index in [9.17, 15) is 4.39 Å². The first kappa shape index (κ1) is 9.59. The SMILES string of the molecule is CCCC1C=C(F)c2cnc(Cl)nc21. The molecule has 74 valence electrons. The third kappa shape index (κ3) is 1.52. The molecule has 0 radical (unpaired) electrons. The van der Waals surface area contributed by atoms with Crippen LogP contribution in [-0.4, -0.2) is 9.97 Å². The van der Waals surface area contributed by atoms with Crippen molar-refractivity contribution >= 4 is 17.4 Å². The first-order valence-corrected chi connectivity index (χ1v) is 5.00. The Balaban J connectivity index is 2.42. The van der Waals surface area contributed by atoms with Crippen molar-refractivity contribution in [3.05, 3.63) is 28.8 Å². The Hall–Kier alpha value is -0.960. The molecule has 1 aliphatic carbocycles. The Bertz CT molecular complexity index is 390. The minimum atomic E-state index is -0.227. The molecular formula is C10H10ClFN2. The first-order valence-electron chi connectivity index (χ1n) is 4.62. The van der Waals surface area contributed by atoms with Crippen molar-refractivity contribution in [2.45, 2.75) is 25.7 Å². The van der Waals surface area contributed by atoms with Gasteiger partial charge in [-0.3, -0.25) is 0 Å². The summed E-state index contributed by atoms with van der Waals surface area (Å²) in [7, 11) is 0. The van der Waals surface area contributed by atoms with E-state index in [1.54, 1.807) is 6.08 Å². The summed E-state index contributed by atoms with van der Waals surface area (Å²) in [5, 5.41) is 0.188. The van der Waals surface area contributed by atoms with Crippen LogP contribution in [0.1, 0.15) is 36.9 Å². The molecule has 0 saturated heterocycles. The molecule has 2 nitrogen and oxygen atoms in total. The van der Waals surface area contributed by atoms with Crippen LogP contribution in [0.25, 0.3) is 5.83 Å². The summed E-state index contributed by atoms with van der Waals surface area (Å²) in [6.45, 7) is 2.06. The minimum absolute atomic E-state index is 0.0653. The number of aromatic nitrogens is 2. The third-order valence-corrected chi connectivity index (χ3v) is 2.53. The molecule has 0 N–H and O–H groups in total. The predicted octanol–water partition coefficient (Wildman–Crippen LogP) is 3.34. The zero-order valence-electron chi connectivity index (χ0n) is 7.80. The van der Waals surface area contributed by atoms with Gasteiger partial charge in [-0.15, -0.1) is 0 Å². The molecule has 1 heterocycles. The molecule has 4 heteroatoms. The van der Waals surface area contributed by atoms with Crippen LogP contribution in [0.5, 0.6) is 0 Å². The van der Waals surface area contributed by atoms with Crippen LogP contribution in [0.15, 0.2) is 12.3 Å². The van der Waals surface area contributed by atoms with E-state index in [4.69, 9.17) is 11.6 Å². The highest BCUT2D eigenvalue weighted by atomic mass is 35.5. The quantitative estimate of drug-likeness (QED) is 0.703. The molecule has 14 heavy (non-hydrogen) atoms. The van der Waals surface area contributed by atoms with Crippen molar-refractivity contribution in [2.75, 3.05) is 0 Å². The lowest BCUT2D eigenvalue weighted by Crippen LogP contribution is -1.98. The van der Waals surface area contributed by atoms with Gasteiger partial charge in [0, 0.05) is 12.1 Å². The van der Waals surface area contributed by atoms with Crippen LogP contribution in [0.4, 0.5) is 4.39 Å². The highest BCUT2D eigenvalue weighted by Gasteiger charge is 2.25. The predicted molar refractivity (Wildman–Crippen MR) is 53.8 cm³/mol. The summed E-state index contributed by atoms with van der Waals surface area (Å²) in [5.74, 6) is -0.161. The maximum Gasteiger partial charge on any atom is 0.222 e. The molecule has 0 spiro atoms. The van der Waals surface area contributed by atoms with E-state index in [-0.39, 0.29) is 17.0 Å². The van der Waals surface area contributed by atoms with Crippen LogP contribution in [0, 0.1) is 0 Å². The average Bonchev–Trinajstić information content (AvgIpc) is 2.44. The largest absolute Gasteiger partial charge is 0.226 e. The maximum atomic E-state index is 13.4. The summed E-state index contributed by atoms with van der Waals surface area (Å²) in [5.41, 5.74) is 1.22. The Kier molecular flexibility index (Phi) is 2.50. The number of halogens is 2. The topological polar surface area (TPSA) is 25.8 Å². The summed E-state index contributed by atoms with van der Waals surface area (Å²) in [6, 6.07) is 0. The second-order valence-electron chi connectivity index (χ2n) is 3.35. The Morgan fingerprint density at radius 1 is 1.57 bits per heavy atom. The molecule has 1 aromatic rings. The van der Waals surface area contributed by atoms with Gasteiger partial charge in [-0.2, -0.15) is 0 Å². The standard InChI is InChI=1S/C10H10ClFN2/c1-2-3-6-4-8(12)7-5-13-10(11)14-9(6)7/h4-6H,2-3H2,1H3. The van der Waals surface area contributed by atoms with Gasteiger partial charge in [0.2, 0.25) is 5.28 Å². The molecule has 0 saturated carbocycles. The number of allylic oxidation sites excluding steroid dienone is 1. The van der Waals surface area contributed by atoms with Crippen LogP contribution in [0.2, 0.25) is 5.28 Å². The molecule has 0 aromatic carbocycles. The fraction of sp³-hybridized carbons (Fsp3) is 0.400. The van der Waals surface area contributed by atoms with Gasteiger partial charge < -0.3 is 0 Å². The number of hydrogen-bond acceptors (Lipinski definition) is 2. The highest BCUT2D eigenvalue weighted by Crippen LogP contribution is 2.37. The van der Waals surface area contributed by atoms with Gasteiger partial charge >= 0.3 is 0 Å². The van der Waals surface area contributed by atoms with Gasteiger partial charge in [-0.25, -0.2) is 14.4 Å². The lowest BCUT2D eigenvalue weighted by molar-refractivity contribution is 0.702. The van der Waals surface area contributed by atoms with Crippen molar-refractivity contribution in [2.24, 2.45) is 0 Å². The number of hydrogen-bond donors (Lipinski definition) is 0. The van der Waals surface area contributed by atoms with E-state index in [0.717, 1.165) is 18.5 Å². The molecule has 0 bridgehead atoms. The normalized spacial score (nSPS) is 19.4. The molecule has 0 amide bonds. The fourth-order valence-corrected chi connectivity index (χ4v) is 1.86. The first-order chi connectivity index (χ1) is 6.72. The van der Waals surface area contributed by atoms with Gasteiger partial charge in [0.05, 0.1) is 11.3 Å². The van der Waals surface area contributed by atoms with E-state index >= 15 is 0 Å². The minimum Gasteiger partial charge on any atom is -0.226 e. The van der Waals surface area contributed by atoms with Gasteiger partial charge in [0.1, 0.15) is 5.83 Å². The van der Waals surface area contributed by atoms with E-state index in [1.807, 2.05) is 0 Å². The lowest BCUT2D eigenvalue weighted by Gasteiger charge is -2.06. The second kappa shape index (κ2) is 3.65. The van der Waals surface area contributed by atoms with E-state index in [1.165, 1.54) is 6.20 Å². The number of fused-ring (bicyclic) bond motifs is 1. The zero-order valence-corrected chi connectivity index (χ0v) is 8.55. The van der Waals surface area contributed by atoms with Crippen molar-refractivity contribution < 1.29 is 4.39 Å². The zero-order chi connectivity index (χ0) is 10.1. The van der Waals surface area contributed by atoms with E-state index in [0.29, 0.717) is 5.56 Å². The molecule has 1 aromatic heterocycles. The lowest BCUT2D eigenvalue weighted by atomic mass is 10.0. The van der Waals surface area contributed by atoms with E-state index in [2.05, 4.69) is 16.9 Å². The highest BCUT2D eigenvalue weighted by molar-refractivity contribution is 6.28. The van der Waals surface area contributed by atoms with Gasteiger partial charge in [0.15, 0.2) is 0 Å². The van der Waals surface area contributed by atoms with Crippen LogP contribution in [-0.2, 0) is 0 Å². The Morgan fingerprint density at radius 2 is 2.36 bits per heavy atom. The van der Waals surface area contributed by atoms with Crippen molar-refractivity contribution in [1.29, 1.82) is 0 Å². The molecule has 0 fully saturated rings. The monoisotopic (exact) mass is 212 g/mol. The smallest absolute Gasteiger partial charge is 0.222 e. The molecule has 1 aliphatic rings. The molecule has 1 atom stereocenters. The molecular weight excluding hydrogens is 203 g/mol. The van der Waals surface area contributed by atoms with Crippen LogP contribution in [0.3, 0.4) is 0 Å². The fourth-order valence-electron chi connectivity index (χ4n) is 1.72. The van der Waals surface area contributed by atoms with E-state index < -0.39 is 0 Å². The molecule has 1 unspecified atom stereocenters. The van der Waals surface area contributed by atoms with Gasteiger partial charge in [-0.05, 0) is 24.1 Å². The summed E-state index contributed by atoms with van der Waals surface area (Å²) in [6.07, 6.45) is 4.94. The Morgan fingerprint density at radius 3 is 3.07 bits per heavy atom.